The lowest BCUT2D eigenvalue weighted by Gasteiger charge is -2.32. The van der Waals surface area contributed by atoms with Crippen molar-refractivity contribution in [3.63, 3.8) is 0 Å². The number of thiophene rings is 1. The molecular formula is C16H26N2OS2. The van der Waals surface area contributed by atoms with Gasteiger partial charge in [0, 0.05) is 21.0 Å². The van der Waals surface area contributed by atoms with Crippen molar-refractivity contribution in [2.24, 2.45) is 0 Å². The monoisotopic (exact) mass is 326 g/mol. The molecule has 21 heavy (non-hydrogen) atoms. The summed E-state index contributed by atoms with van der Waals surface area (Å²) in [7, 11) is 0. The van der Waals surface area contributed by atoms with Gasteiger partial charge < -0.3 is 4.90 Å². The van der Waals surface area contributed by atoms with Gasteiger partial charge in [0.2, 0.25) is 5.91 Å². The molecule has 0 aliphatic carbocycles. The topological polar surface area (TPSA) is 32.3 Å². The lowest BCUT2D eigenvalue weighted by atomic mass is 10.1. The molecule has 1 fully saturated rings. The summed E-state index contributed by atoms with van der Waals surface area (Å²) >= 11 is 3.60. The predicted molar refractivity (Wildman–Crippen MR) is 92.9 cm³/mol. The molecule has 0 spiro atoms. The minimum atomic E-state index is -0.0277. The van der Waals surface area contributed by atoms with Gasteiger partial charge in [-0.3, -0.25) is 10.1 Å². The zero-order chi connectivity index (χ0) is 15.6. The number of thioether (sulfide) groups is 1. The van der Waals surface area contributed by atoms with Crippen LogP contribution in [-0.2, 0) is 4.79 Å². The Morgan fingerprint density at radius 3 is 2.67 bits per heavy atom. The van der Waals surface area contributed by atoms with Gasteiger partial charge in [-0.15, -0.1) is 11.3 Å². The Morgan fingerprint density at radius 1 is 1.43 bits per heavy atom. The predicted octanol–water partition coefficient (Wildman–Crippen LogP) is 3.80. The number of hydrogen-bond donors (Lipinski definition) is 1. The quantitative estimate of drug-likeness (QED) is 0.863. The summed E-state index contributed by atoms with van der Waals surface area (Å²) in [6.07, 6.45) is 4.09. The van der Waals surface area contributed by atoms with Crippen molar-refractivity contribution in [1.29, 1.82) is 0 Å². The fourth-order valence-electron chi connectivity index (χ4n) is 2.65. The average molecular weight is 327 g/mol. The number of nitrogens with zero attached hydrogens (tertiary/aromatic N) is 1. The van der Waals surface area contributed by atoms with Crippen molar-refractivity contribution in [1.82, 2.24) is 10.2 Å². The van der Waals surface area contributed by atoms with Crippen LogP contribution in [0.4, 0.5) is 0 Å². The molecule has 3 nitrogen and oxygen atoms in total. The van der Waals surface area contributed by atoms with Crippen LogP contribution in [0, 0.1) is 6.92 Å². The number of nitrogens with one attached hydrogen (secondary N) is 1. The Morgan fingerprint density at radius 2 is 2.14 bits per heavy atom. The first kappa shape index (κ1) is 16.8. The molecule has 2 atom stereocenters. The van der Waals surface area contributed by atoms with Crippen LogP contribution in [0.5, 0.6) is 0 Å². The van der Waals surface area contributed by atoms with Crippen molar-refractivity contribution in [3.05, 3.63) is 21.9 Å². The Kier molecular flexibility index (Phi) is 5.38. The van der Waals surface area contributed by atoms with Crippen LogP contribution < -0.4 is 5.32 Å². The van der Waals surface area contributed by atoms with E-state index in [9.17, 15) is 4.79 Å². The fraction of sp³-hybridized carbons (Fsp3) is 0.688. The van der Waals surface area contributed by atoms with E-state index in [1.54, 1.807) is 11.3 Å². The van der Waals surface area contributed by atoms with E-state index in [2.05, 4.69) is 51.4 Å². The van der Waals surface area contributed by atoms with E-state index in [1.807, 2.05) is 16.7 Å². The summed E-state index contributed by atoms with van der Waals surface area (Å²) < 4.78 is 0.0724. The minimum Gasteiger partial charge on any atom is -0.319 e. The van der Waals surface area contributed by atoms with E-state index in [0.717, 1.165) is 19.4 Å². The minimum absolute atomic E-state index is 0.0277. The van der Waals surface area contributed by atoms with Gasteiger partial charge in [0.25, 0.3) is 0 Å². The van der Waals surface area contributed by atoms with E-state index >= 15 is 0 Å². The SMILES string of the molecule is CCCC1NC(c2ccc(C)s2)N(CC(C)(C)SC)C1=O. The second-order valence-electron chi connectivity index (χ2n) is 6.29. The summed E-state index contributed by atoms with van der Waals surface area (Å²) in [6.45, 7) is 9.43. The molecule has 0 radical (unpaired) electrons. The Bertz CT molecular complexity index is 498. The van der Waals surface area contributed by atoms with Crippen molar-refractivity contribution in [2.45, 2.75) is 57.5 Å². The van der Waals surface area contributed by atoms with Gasteiger partial charge in [-0.1, -0.05) is 13.3 Å². The molecule has 1 aliphatic rings. The van der Waals surface area contributed by atoms with Crippen LogP contribution in [0.3, 0.4) is 0 Å². The molecule has 0 aromatic carbocycles. The first-order valence-electron chi connectivity index (χ1n) is 7.56. The van der Waals surface area contributed by atoms with Gasteiger partial charge in [0.15, 0.2) is 0 Å². The van der Waals surface area contributed by atoms with E-state index in [1.165, 1.54) is 9.75 Å². The third-order valence-corrected chi connectivity index (χ3v) is 6.25. The molecule has 0 saturated carbocycles. The second-order valence-corrected chi connectivity index (χ2v) is 9.12. The highest BCUT2D eigenvalue weighted by molar-refractivity contribution is 7.99. The Labute approximate surface area is 136 Å². The molecule has 1 amide bonds. The van der Waals surface area contributed by atoms with Crippen LogP contribution in [0.1, 0.15) is 49.5 Å². The summed E-state index contributed by atoms with van der Waals surface area (Å²) in [5.74, 6) is 0.259. The molecule has 0 bridgehead atoms. The maximum atomic E-state index is 12.7. The average Bonchev–Trinajstić information content (AvgIpc) is 2.97. The molecule has 2 rings (SSSR count). The molecule has 1 saturated heterocycles. The van der Waals surface area contributed by atoms with Crippen molar-refractivity contribution in [3.8, 4) is 0 Å². The maximum absolute atomic E-state index is 12.7. The molecule has 5 heteroatoms. The first-order valence-corrected chi connectivity index (χ1v) is 9.60. The first-order chi connectivity index (χ1) is 9.88. The molecule has 2 heterocycles. The number of carbonyl (C=O) groups is 1. The smallest absolute Gasteiger partial charge is 0.241 e. The van der Waals surface area contributed by atoms with E-state index < -0.39 is 0 Å². The maximum Gasteiger partial charge on any atom is 0.241 e. The summed E-state index contributed by atoms with van der Waals surface area (Å²) in [5, 5.41) is 3.55. The van der Waals surface area contributed by atoms with Crippen molar-refractivity contribution >= 4 is 29.0 Å². The van der Waals surface area contributed by atoms with Crippen LogP contribution in [0.25, 0.3) is 0 Å². The second kappa shape index (κ2) is 6.71. The standard InChI is InChI=1S/C16H26N2OS2/c1-6-7-12-15(19)18(10-16(3,4)20-5)14(17-12)13-9-8-11(2)21-13/h8-9,12,14,17H,6-7,10H2,1-5H3. The molecule has 1 N–H and O–H groups in total. The summed E-state index contributed by atoms with van der Waals surface area (Å²) in [6, 6.07) is 4.26. The van der Waals surface area contributed by atoms with Crippen LogP contribution >= 0.6 is 23.1 Å². The van der Waals surface area contributed by atoms with Gasteiger partial charge in [0.1, 0.15) is 6.17 Å². The largest absolute Gasteiger partial charge is 0.319 e. The number of carbonyl (C=O) groups excluding carboxylic acids is 1. The van der Waals surface area contributed by atoms with Crippen molar-refractivity contribution < 1.29 is 4.79 Å². The van der Waals surface area contributed by atoms with Gasteiger partial charge in [-0.05, 0) is 45.6 Å². The fourth-order valence-corrected chi connectivity index (χ4v) is 3.87. The van der Waals surface area contributed by atoms with Crippen LogP contribution in [-0.4, -0.2) is 34.4 Å². The molecule has 1 aliphatic heterocycles. The zero-order valence-electron chi connectivity index (χ0n) is 13.6. The Balaban J connectivity index is 2.24. The summed E-state index contributed by atoms with van der Waals surface area (Å²) in [4.78, 5) is 17.3. The molecular weight excluding hydrogens is 300 g/mol. The highest BCUT2D eigenvalue weighted by Crippen LogP contribution is 2.34. The van der Waals surface area contributed by atoms with Gasteiger partial charge >= 0.3 is 0 Å². The number of aryl methyl sites for hydroxylation is 1. The molecule has 1 aromatic heterocycles. The lowest BCUT2D eigenvalue weighted by molar-refractivity contribution is -0.130. The highest BCUT2D eigenvalue weighted by atomic mass is 32.2. The number of amides is 1. The van der Waals surface area contributed by atoms with E-state index in [-0.39, 0.29) is 22.9 Å². The highest BCUT2D eigenvalue weighted by Gasteiger charge is 2.41. The third-order valence-electron chi connectivity index (χ3n) is 3.96. The zero-order valence-corrected chi connectivity index (χ0v) is 15.2. The third kappa shape index (κ3) is 3.82. The molecule has 1 aromatic rings. The summed E-state index contributed by atoms with van der Waals surface area (Å²) in [5.41, 5.74) is 0. The number of hydrogen-bond acceptors (Lipinski definition) is 4. The van der Waals surface area contributed by atoms with Crippen LogP contribution in [0.2, 0.25) is 0 Å². The van der Waals surface area contributed by atoms with Gasteiger partial charge in [-0.2, -0.15) is 11.8 Å². The molecule has 118 valence electrons. The van der Waals surface area contributed by atoms with E-state index in [4.69, 9.17) is 0 Å². The lowest BCUT2D eigenvalue weighted by Crippen LogP contribution is -2.40. The van der Waals surface area contributed by atoms with E-state index in [0.29, 0.717) is 0 Å². The Hall–Kier alpha value is -0.520. The van der Waals surface area contributed by atoms with Crippen molar-refractivity contribution in [2.75, 3.05) is 12.8 Å². The van der Waals surface area contributed by atoms with Gasteiger partial charge in [0.05, 0.1) is 6.04 Å². The number of rotatable bonds is 6. The normalized spacial score (nSPS) is 23.1. The van der Waals surface area contributed by atoms with Gasteiger partial charge in [-0.25, -0.2) is 0 Å². The molecule has 2 unspecified atom stereocenters. The van der Waals surface area contributed by atoms with Crippen LogP contribution in [0.15, 0.2) is 12.1 Å².